The van der Waals surface area contributed by atoms with E-state index in [1.165, 1.54) is 0 Å². The second kappa shape index (κ2) is 4.76. The van der Waals surface area contributed by atoms with Crippen molar-refractivity contribution in [3.63, 3.8) is 0 Å². The minimum atomic E-state index is -0.346. The van der Waals surface area contributed by atoms with Crippen LogP contribution in [0.3, 0.4) is 0 Å². The third-order valence-electron chi connectivity index (χ3n) is 2.65. The fourth-order valence-electron chi connectivity index (χ4n) is 1.85. The van der Waals surface area contributed by atoms with Gasteiger partial charge in [0.1, 0.15) is 0 Å². The molecule has 2 heterocycles. The molecule has 0 atom stereocenters. The number of rotatable bonds is 3. The van der Waals surface area contributed by atoms with Gasteiger partial charge in [-0.3, -0.25) is 4.40 Å². The van der Waals surface area contributed by atoms with Gasteiger partial charge in [0.05, 0.1) is 12.3 Å². The molecular formula is C13H17N3O2. The second-order valence-electron chi connectivity index (χ2n) is 4.52. The van der Waals surface area contributed by atoms with Crippen LogP contribution in [0.1, 0.15) is 48.4 Å². The molecule has 0 saturated heterocycles. The first-order chi connectivity index (χ1) is 8.54. The average Bonchev–Trinajstić information content (AvgIpc) is 2.67. The Morgan fingerprint density at radius 1 is 1.50 bits per heavy atom. The summed E-state index contributed by atoms with van der Waals surface area (Å²) in [5.41, 5.74) is 2.19. The number of fused-ring (bicyclic) bond motifs is 1. The third-order valence-corrected chi connectivity index (χ3v) is 2.65. The number of hydrogen-bond acceptors (Lipinski definition) is 4. The fraction of sp³-hybridized carbons (Fsp3) is 0.462. The van der Waals surface area contributed by atoms with Crippen LogP contribution in [0, 0.1) is 6.92 Å². The lowest BCUT2D eigenvalue weighted by atomic mass is 10.1. The Hall–Kier alpha value is -1.91. The molecule has 0 aromatic carbocycles. The first-order valence-corrected chi connectivity index (χ1v) is 6.06. The molecule has 5 heteroatoms. The Labute approximate surface area is 106 Å². The number of ether oxygens (including phenoxy) is 1. The van der Waals surface area contributed by atoms with Crippen molar-refractivity contribution in [2.75, 3.05) is 6.61 Å². The highest BCUT2D eigenvalue weighted by molar-refractivity contribution is 5.90. The monoisotopic (exact) mass is 247 g/mol. The van der Waals surface area contributed by atoms with Crippen LogP contribution in [0.5, 0.6) is 0 Å². The van der Waals surface area contributed by atoms with Crippen LogP contribution < -0.4 is 0 Å². The summed E-state index contributed by atoms with van der Waals surface area (Å²) in [6.07, 6.45) is 3.59. The molecule has 2 aromatic rings. The summed E-state index contributed by atoms with van der Waals surface area (Å²) in [6, 6.07) is 0. The van der Waals surface area contributed by atoms with E-state index in [2.05, 4.69) is 9.97 Å². The largest absolute Gasteiger partial charge is 0.461 e. The standard InChI is InChI=1S/C13H17N3O2/c1-5-18-12(17)11-10(8(2)3)15-13-14-6-9(4)7-16(11)13/h6-8H,5H2,1-4H3. The number of nitrogens with zero attached hydrogens (tertiary/aromatic N) is 3. The Morgan fingerprint density at radius 2 is 2.22 bits per heavy atom. The number of imidazole rings is 1. The molecule has 0 spiro atoms. The molecule has 0 aliphatic rings. The predicted molar refractivity (Wildman–Crippen MR) is 67.8 cm³/mol. The summed E-state index contributed by atoms with van der Waals surface area (Å²) in [4.78, 5) is 20.7. The van der Waals surface area contributed by atoms with E-state index < -0.39 is 0 Å². The third kappa shape index (κ3) is 2.08. The molecule has 0 fully saturated rings. The Kier molecular flexibility index (Phi) is 3.32. The van der Waals surface area contributed by atoms with Crippen molar-refractivity contribution in [2.45, 2.75) is 33.6 Å². The Morgan fingerprint density at radius 3 is 2.83 bits per heavy atom. The fourth-order valence-corrected chi connectivity index (χ4v) is 1.85. The minimum absolute atomic E-state index is 0.145. The van der Waals surface area contributed by atoms with E-state index in [9.17, 15) is 4.79 Å². The van der Waals surface area contributed by atoms with Gasteiger partial charge >= 0.3 is 5.97 Å². The van der Waals surface area contributed by atoms with E-state index in [4.69, 9.17) is 4.74 Å². The molecule has 96 valence electrons. The number of carbonyl (C=O) groups is 1. The van der Waals surface area contributed by atoms with E-state index in [0.29, 0.717) is 18.1 Å². The molecule has 2 aromatic heterocycles. The van der Waals surface area contributed by atoms with Crippen molar-refractivity contribution >= 4 is 11.7 Å². The molecular weight excluding hydrogens is 230 g/mol. The van der Waals surface area contributed by atoms with Gasteiger partial charge in [-0.1, -0.05) is 13.8 Å². The first-order valence-electron chi connectivity index (χ1n) is 6.06. The van der Waals surface area contributed by atoms with E-state index >= 15 is 0 Å². The van der Waals surface area contributed by atoms with Gasteiger partial charge in [0, 0.05) is 12.4 Å². The molecule has 0 unspecified atom stereocenters. The molecule has 0 N–H and O–H groups in total. The maximum Gasteiger partial charge on any atom is 0.357 e. The van der Waals surface area contributed by atoms with Crippen LogP contribution in [-0.4, -0.2) is 26.9 Å². The minimum Gasteiger partial charge on any atom is -0.461 e. The lowest BCUT2D eigenvalue weighted by Crippen LogP contribution is -2.11. The van der Waals surface area contributed by atoms with Crippen molar-refractivity contribution in [2.24, 2.45) is 0 Å². The van der Waals surface area contributed by atoms with Crippen molar-refractivity contribution in [1.82, 2.24) is 14.4 Å². The SMILES string of the molecule is CCOC(=O)c1c(C(C)C)nc2ncc(C)cn12. The van der Waals surface area contributed by atoms with Crippen LogP contribution in [0.25, 0.3) is 5.78 Å². The summed E-state index contributed by atoms with van der Waals surface area (Å²) >= 11 is 0. The summed E-state index contributed by atoms with van der Waals surface area (Å²) in [6.45, 7) is 8.06. The molecule has 2 rings (SSSR count). The van der Waals surface area contributed by atoms with E-state index in [1.807, 2.05) is 27.0 Å². The Balaban J connectivity index is 2.68. The van der Waals surface area contributed by atoms with Crippen molar-refractivity contribution in [3.8, 4) is 0 Å². The number of aryl methyl sites for hydroxylation is 1. The molecule has 5 nitrogen and oxygen atoms in total. The molecule has 0 saturated carbocycles. The van der Waals surface area contributed by atoms with Gasteiger partial charge < -0.3 is 4.74 Å². The summed E-state index contributed by atoms with van der Waals surface area (Å²) in [5.74, 6) is 0.333. The molecule has 0 aliphatic heterocycles. The van der Waals surface area contributed by atoms with Crippen LogP contribution in [-0.2, 0) is 4.74 Å². The number of carbonyl (C=O) groups excluding carboxylic acids is 1. The number of esters is 1. The van der Waals surface area contributed by atoms with E-state index in [1.54, 1.807) is 17.5 Å². The van der Waals surface area contributed by atoms with Gasteiger partial charge in [-0.15, -0.1) is 0 Å². The topological polar surface area (TPSA) is 56.5 Å². The van der Waals surface area contributed by atoms with E-state index in [0.717, 1.165) is 11.3 Å². The number of hydrogen-bond donors (Lipinski definition) is 0. The van der Waals surface area contributed by atoms with Gasteiger partial charge in [0.2, 0.25) is 5.78 Å². The van der Waals surface area contributed by atoms with Gasteiger partial charge in [-0.25, -0.2) is 14.8 Å². The zero-order chi connectivity index (χ0) is 13.3. The summed E-state index contributed by atoms with van der Waals surface area (Å²) < 4.78 is 6.81. The molecule has 0 amide bonds. The molecule has 18 heavy (non-hydrogen) atoms. The van der Waals surface area contributed by atoms with Crippen LogP contribution >= 0.6 is 0 Å². The maximum absolute atomic E-state index is 12.0. The highest BCUT2D eigenvalue weighted by Crippen LogP contribution is 2.21. The second-order valence-corrected chi connectivity index (χ2v) is 4.52. The highest BCUT2D eigenvalue weighted by Gasteiger charge is 2.22. The molecule has 0 aliphatic carbocycles. The molecule has 0 radical (unpaired) electrons. The first kappa shape index (κ1) is 12.5. The van der Waals surface area contributed by atoms with E-state index in [-0.39, 0.29) is 11.9 Å². The van der Waals surface area contributed by atoms with Crippen LogP contribution in [0.2, 0.25) is 0 Å². The summed E-state index contributed by atoms with van der Waals surface area (Å²) in [7, 11) is 0. The van der Waals surface area contributed by atoms with Gasteiger partial charge in [0.25, 0.3) is 0 Å². The Bertz CT molecular complexity index is 587. The lowest BCUT2D eigenvalue weighted by molar-refractivity contribution is 0.0516. The average molecular weight is 247 g/mol. The zero-order valence-corrected chi connectivity index (χ0v) is 11.1. The highest BCUT2D eigenvalue weighted by atomic mass is 16.5. The van der Waals surface area contributed by atoms with Gasteiger partial charge in [0.15, 0.2) is 5.69 Å². The smallest absolute Gasteiger partial charge is 0.357 e. The van der Waals surface area contributed by atoms with Crippen molar-refractivity contribution < 1.29 is 9.53 Å². The quantitative estimate of drug-likeness (QED) is 0.781. The normalized spacial score (nSPS) is 11.2. The van der Waals surface area contributed by atoms with Gasteiger partial charge in [-0.2, -0.15) is 0 Å². The summed E-state index contributed by atoms with van der Waals surface area (Å²) in [5, 5.41) is 0. The van der Waals surface area contributed by atoms with Crippen LogP contribution in [0.15, 0.2) is 12.4 Å². The van der Waals surface area contributed by atoms with Crippen LogP contribution in [0.4, 0.5) is 0 Å². The van der Waals surface area contributed by atoms with Crippen molar-refractivity contribution in [3.05, 3.63) is 29.3 Å². The van der Waals surface area contributed by atoms with Crippen molar-refractivity contribution in [1.29, 1.82) is 0 Å². The lowest BCUT2D eigenvalue weighted by Gasteiger charge is -2.06. The predicted octanol–water partition coefficient (Wildman–Crippen LogP) is 2.34. The van der Waals surface area contributed by atoms with Gasteiger partial charge in [-0.05, 0) is 25.3 Å². The zero-order valence-electron chi connectivity index (χ0n) is 11.1. The number of aromatic nitrogens is 3. The molecule has 0 bridgehead atoms. The maximum atomic E-state index is 12.0.